The van der Waals surface area contributed by atoms with Gasteiger partial charge in [0.05, 0.1) is 46.5 Å². The summed E-state index contributed by atoms with van der Waals surface area (Å²) in [6, 6.07) is 46.3. The Morgan fingerprint density at radius 3 is 2.24 bits per heavy atom. The van der Waals surface area contributed by atoms with Gasteiger partial charge in [-0.15, -0.1) is 11.3 Å². The first-order valence-corrected chi connectivity index (χ1v) is 16.8. The molecule has 0 spiro atoms. The summed E-state index contributed by atoms with van der Waals surface area (Å²) in [7, 11) is 0. The minimum atomic E-state index is 0.560. The Morgan fingerprint density at radius 2 is 1.35 bits per heavy atom. The van der Waals surface area contributed by atoms with Crippen molar-refractivity contribution < 1.29 is 0 Å². The van der Waals surface area contributed by atoms with E-state index < -0.39 is 0 Å². The largest absolute Gasteiger partial charge is 0.310 e. The number of hydrogen-bond donors (Lipinski definition) is 0. The molecule has 4 heterocycles. The normalized spacial score (nSPS) is 11.6. The summed E-state index contributed by atoms with van der Waals surface area (Å²) in [5, 5.41) is 16.6. The lowest BCUT2D eigenvalue weighted by molar-refractivity contribution is 1.17. The third kappa shape index (κ3) is 4.06. The van der Waals surface area contributed by atoms with Gasteiger partial charge >= 0.3 is 0 Å². The van der Waals surface area contributed by atoms with Gasteiger partial charge in [0.2, 0.25) is 0 Å². The van der Waals surface area contributed by atoms with Crippen molar-refractivity contribution in [1.29, 1.82) is 5.26 Å². The van der Waals surface area contributed by atoms with Gasteiger partial charge in [-0.1, -0.05) is 48.5 Å². The van der Waals surface area contributed by atoms with Crippen molar-refractivity contribution >= 4 is 80.8 Å². The molecule has 0 fully saturated rings. The SMILES string of the molecule is [C-]#[N+]c1cc(-c2cccc(-n3c4cnccc4c4cc5sc6ccccc6c5cc43)c2)cc(-n2c3ccccc3c3cc(C#N)ccc32)c1. The van der Waals surface area contributed by atoms with Crippen molar-refractivity contribution in [2.45, 2.75) is 0 Å². The summed E-state index contributed by atoms with van der Waals surface area (Å²) in [5.74, 6) is 0. The Balaban J connectivity index is 1.20. The van der Waals surface area contributed by atoms with Crippen molar-refractivity contribution in [3.05, 3.63) is 157 Å². The van der Waals surface area contributed by atoms with Crippen LogP contribution in [0, 0.1) is 17.9 Å². The lowest BCUT2D eigenvalue weighted by Crippen LogP contribution is -1.96. The van der Waals surface area contributed by atoms with Crippen LogP contribution in [-0.2, 0) is 0 Å². The molecular formula is C43H23N5S. The minimum absolute atomic E-state index is 0.560. The molecule has 0 saturated heterocycles. The lowest BCUT2D eigenvalue weighted by Gasteiger charge is -2.13. The summed E-state index contributed by atoms with van der Waals surface area (Å²) in [6.07, 6.45) is 3.82. The average molecular weight is 642 g/mol. The predicted octanol–water partition coefficient (Wildman–Crippen LogP) is 11.7. The van der Waals surface area contributed by atoms with E-state index in [9.17, 15) is 5.26 Å². The fourth-order valence-electron chi connectivity index (χ4n) is 7.46. The second kappa shape index (κ2) is 10.4. The fraction of sp³-hybridized carbons (Fsp3) is 0. The lowest BCUT2D eigenvalue weighted by atomic mass is 10.0. The summed E-state index contributed by atoms with van der Waals surface area (Å²) in [5.41, 5.74) is 9.28. The molecule has 10 aromatic rings. The zero-order chi connectivity index (χ0) is 32.6. The summed E-state index contributed by atoms with van der Waals surface area (Å²) >= 11 is 1.83. The summed E-state index contributed by atoms with van der Waals surface area (Å²) in [6.45, 7) is 8.02. The molecule has 6 heteroatoms. The van der Waals surface area contributed by atoms with Crippen LogP contribution in [0.2, 0.25) is 0 Å². The predicted molar refractivity (Wildman–Crippen MR) is 202 cm³/mol. The van der Waals surface area contributed by atoms with E-state index in [1.54, 1.807) is 0 Å². The number of aromatic nitrogens is 3. The number of nitriles is 1. The van der Waals surface area contributed by atoms with E-state index in [1.807, 2.05) is 66.2 Å². The molecule has 0 aliphatic heterocycles. The van der Waals surface area contributed by atoms with Crippen LogP contribution < -0.4 is 0 Å². The highest BCUT2D eigenvalue weighted by atomic mass is 32.1. The van der Waals surface area contributed by atoms with Crippen LogP contribution in [0.15, 0.2) is 140 Å². The van der Waals surface area contributed by atoms with E-state index in [4.69, 9.17) is 6.57 Å². The molecule has 0 N–H and O–H groups in total. The topological polar surface area (TPSA) is 50.9 Å². The number of hydrogen-bond acceptors (Lipinski definition) is 3. The zero-order valence-corrected chi connectivity index (χ0v) is 26.7. The van der Waals surface area contributed by atoms with E-state index >= 15 is 0 Å². The molecule has 0 radical (unpaired) electrons. The Labute approximate surface area is 284 Å². The maximum atomic E-state index is 9.62. The molecule has 0 unspecified atom stereocenters. The van der Waals surface area contributed by atoms with Gasteiger partial charge in [-0.05, 0) is 90.0 Å². The Hall–Kier alpha value is -6.73. The monoisotopic (exact) mass is 641 g/mol. The Kier molecular flexibility index (Phi) is 5.81. The molecule has 0 aliphatic carbocycles. The smallest absolute Gasteiger partial charge is 0.189 e. The third-order valence-corrected chi connectivity index (χ3v) is 10.7. The molecular weight excluding hydrogens is 619 g/mol. The Morgan fingerprint density at radius 1 is 0.571 bits per heavy atom. The minimum Gasteiger partial charge on any atom is -0.310 e. The van der Waals surface area contributed by atoms with Gasteiger partial charge in [0, 0.05) is 59.3 Å². The van der Waals surface area contributed by atoms with Crippen molar-refractivity contribution in [1.82, 2.24) is 14.1 Å². The van der Waals surface area contributed by atoms with Crippen LogP contribution in [0.3, 0.4) is 0 Å². The first-order chi connectivity index (χ1) is 24.2. The van der Waals surface area contributed by atoms with Gasteiger partial charge in [0.15, 0.2) is 5.69 Å². The molecule has 0 bridgehead atoms. The third-order valence-electron chi connectivity index (χ3n) is 9.60. The number of fused-ring (bicyclic) bond motifs is 9. The highest BCUT2D eigenvalue weighted by Gasteiger charge is 2.18. The van der Waals surface area contributed by atoms with Crippen molar-refractivity contribution in [2.24, 2.45) is 0 Å². The average Bonchev–Trinajstić information content (AvgIpc) is 3.80. The number of thiophene rings is 1. The van der Waals surface area contributed by atoms with E-state index in [-0.39, 0.29) is 0 Å². The molecule has 49 heavy (non-hydrogen) atoms. The van der Waals surface area contributed by atoms with Gasteiger partial charge in [-0.2, -0.15) is 5.26 Å². The van der Waals surface area contributed by atoms with E-state index in [0.29, 0.717) is 11.3 Å². The number of benzene rings is 6. The van der Waals surface area contributed by atoms with Crippen LogP contribution in [0.4, 0.5) is 5.69 Å². The van der Waals surface area contributed by atoms with Crippen molar-refractivity contribution in [2.75, 3.05) is 0 Å². The summed E-state index contributed by atoms with van der Waals surface area (Å²) in [4.78, 5) is 8.43. The molecule has 0 aliphatic rings. The molecule has 0 atom stereocenters. The first kappa shape index (κ1) is 27.4. The standard InChI is InChI=1S/C43H23N5S/c1-45-29-18-28(20-31(21-29)48-38-11-4-2-9-32(38)35-17-26(24-44)13-14-39(35)48)27-7-6-8-30(19-27)47-40-22-37-34-10-3-5-12-42(34)49-43(37)23-36(40)33-15-16-46-25-41(33)47/h2-23,25H. The maximum Gasteiger partial charge on any atom is 0.189 e. The molecule has 5 nitrogen and oxygen atoms in total. The van der Waals surface area contributed by atoms with E-state index in [0.717, 1.165) is 60.7 Å². The van der Waals surface area contributed by atoms with E-state index in [1.165, 1.54) is 25.6 Å². The number of nitrogens with zero attached hydrogens (tertiary/aromatic N) is 5. The van der Waals surface area contributed by atoms with Crippen LogP contribution in [0.25, 0.3) is 91.1 Å². The van der Waals surface area contributed by atoms with Crippen molar-refractivity contribution in [3.63, 3.8) is 0 Å². The van der Waals surface area contributed by atoms with Gasteiger partial charge in [0.1, 0.15) is 0 Å². The second-order valence-electron chi connectivity index (χ2n) is 12.3. The Bertz CT molecular complexity index is 3090. The molecule has 6 aromatic carbocycles. The van der Waals surface area contributed by atoms with Crippen molar-refractivity contribution in [3.8, 4) is 28.6 Å². The van der Waals surface area contributed by atoms with Crippen LogP contribution in [-0.4, -0.2) is 14.1 Å². The van der Waals surface area contributed by atoms with Crippen LogP contribution in [0.5, 0.6) is 0 Å². The second-order valence-corrected chi connectivity index (χ2v) is 13.4. The fourth-order valence-corrected chi connectivity index (χ4v) is 8.59. The molecule has 0 amide bonds. The highest BCUT2D eigenvalue weighted by molar-refractivity contribution is 7.25. The number of pyridine rings is 1. The zero-order valence-electron chi connectivity index (χ0n) is 25.9. The molecule has 0 saturated carbocycles. The van der Waals surface area contributed by atoms with Gasteiger partial charge in [-0.25, -0.2) is 4.85 Å². The number of rotatable bonds is 3. The van der Waals surface area contributed by atoms with Gasteiger partial charge in [0.25, 0.3) is 0 Å². The van der Waals surface area contributed by atoms with Gasteiger partial charge < -0.3 is 9.13 Å². The van der Waals surface area contributed by atoms with Crippen LogP contribution >= 0.6 is 11.3 Å². The first-order valence-electron chi connectivity index (χ1n) is 15.9. The quantitative estimate of drug-likeness (QED) is 0.180. The summed E-state index contributed by atoms with van der Waals surface area (Å²) < 4.78 is 7.07. The molecule has 226 valence electrons. The van der Waals surface area contributed by atoms with E-state index in [2.05, 4.69) is 110 Å². The number of para-hydroxylation sites is 1. The van der Waals surface area contributed by atoms with Gasteiger partial charge in [-0.3, -0.25) is 4.98 Å². The molecule has 10 rings (SSSR count). The molecule has 4 aromatic heterocycles. The maximum absolute atomic E-state index is 9.62. The highest BCUT2D eigenvalue weighted by Crippen LogP contribution is 2.41. The van der Waals surface area contributed by atoms with Crippen LogP contribution in [0.1, 0.15) is 5.56 Å².